The Morgan fingerprint density at radius 2 is 2.12 bits per heavy atom. The standard InChI is InChI=1S/C12H18ClN3O/c1-7(2)15-12(14)16-10-5-8(3)9(13)6-11(10)17-4/h5-7H,1-4H3,(H3,14,15,16). The molecule has 0 fully saturated rings. The van der Waals surface area contributed by atoms with Gasteiger partial charge < -0.3 is 15.8 Å². The van der Waals surface area contributed by atoms with Crippen molar-refractivity contribution in [2.75, 3.05) is 12.4 Å². The van der Waals surface area contributed by atoms with Gasteiger partial charge in [-0.25, -0.2) is 0 Å². The molecule has 5 heteroatoms. The first-order valence-electron chi connectivity index (χ1n) is 5.38. The third-order valence-electron chi connectivity index (χ3n) is 2.14. The fraction of sp³-hybridized carbons (Fsp3) is 0.417. The van der Waals surface area contributed by atoms with Gasteiger partial charge in [0.15, 0.2) is 5.96 Å². The molecule has 0 unspecified atom stereocenters. The highest BCUT2D eigenvalue weighted by Crippen LogP contribution is 2.30. The molecule has 0 heterocycles. The van der Waals surface area contributed by atoms with E-state index in [2.05, 4.69) is 10.3 Å². The summed E-state index contributed by atoms with van der Waals surface area (Å²) in [6.07, 6.45) is 0. The summed E-state index contributed by atoms with van der Waals surface area (Å²) in [4.78, 5) is 4.19. The third kappa shape index (κ3) is 3.82. The number of aryl methyl sites for hydroxylation is 1. The van der Waals surface area contributed by atoms with Gasteiger partial charge in [0.1, 0.15) is 5.75 Å². The van der Waals surface area contributed by atoms with Gasteiger partial charge in [0.2, 0.25) is 0 Å². The number of hydrogen-bond donors (Lipinski definition) is 2. The van der Waals surface area contributed by atoms with Crippen LogP contribution in [0.4, 0.5) is 5.69 Å². The van der Waals surface area contributed by atoms with Crippen LogP contribution in [0.2, 0.25) is 5.02 Å². The van der Waals surface area contributed by atoms with Gasteiger partial charge in [0.25, 0.3) is 0 Å². The van der Waals surface area contributed by atoms with Crippen molar-refractivity contribution in [2.24, 2.45) is 10.7 Å². The van der Waals surface area contributed by atoms with E-state index in [-0.39, 0.29) is 6.04 Å². The average molecular weight is 256 g/mol. The van der Waals surface area contributed by atoms with E-state index >= 15 is 0 Å². The van der Waals surface area contributed by atoms with E-state index < -0.39 is 0 Å². The van der Waals surface area contributed by atoms with E-state index in [0.717, 1.165) is 11.3 Å². The van der Waals surface area contributed by atoms with Crippen molar-refractivity contribution in [1.29, 1.82) is 0 Å². The van der Waals surface area contributed by atoms with Crippen molar-refractivity contribution >= 4 is 23.2 Å². The summed E-state index contributed by atoms with van der Waals surface area (Å²) in [7, 11) is 1.59. The molecule has 1 rings (SSSR count). The van der Waals surface area contributed by atoms with Gasteiger partial charge in [-0.15, -0.1) is 0 Å². The molecular weight excluding hydrogens is 238 g/mol. The Bertz CT molecular complexity index is 430. The molecule has 0 aromatic heterocycles. The zero-order valence-electron chi connectivity index (χ0n) is 10.5. The molecular formula is C12H18ClN3O. The molecule has 1 aromatic carbocycles. The smallest absolute Gasteiger partial charge is 0.193 e. The number of nitrogens with one attached hydrogen (secondary N) is 1. The van der Waals surface area contributed by atoms with Crippen molar-refractivity contribution in [3.8, 4) is 5.75 Å². The quantitative estimate of drug-likeness (QED) is 0.645. The zero-order chi connectivity index (χ0) is 13.0. The Labute approximate surface area is 107 Å². The fourth-order valence-electron chi connectivity index (χ4n) is 1.38. The maximum absolute atomic E-state index is 6.02. The highest BCUT2D eigenvalue weighted by molar-refractivity contribution is 6.31. The van der Waals surface area contributed by atoms with Crippen LogP contribution < -0.4 is 15.8 Å². The van der Waals surface area contributed by atoms with Crippen LogP contribution in [-0.4, -0.2) is 19.1 Å². The lowest BCUT2D eigenvalue weighted by Crippen LogP contribution is -2.24. The van der Waals surface area contributed by atoms with Crippen LogP contribution >= 0.6 is 11.6 Å². The molecule has 94 valence electrons. The minimum absolute atomic E-state index is 0.141. The van der Waals surface area contributed by atoms with E-state index in [1.165, 1.54) is 0 Å². The predicted octanol–water partition coefficient (Wildman–Crippen LogP) is 2.79. The second kappa shape index (κ2) is 5.77. The zero-order valence-corrected chi connectivity index (χ0v) is 11.3. The van der Waals surface area contributed by atoms with Gasteiger partial charge in [-0.1, -0.05) is 11.6 Å². The SMILES string of the molecule is COc1cc(Cl)c(C)cc1NC(N)=NC(C)C. The fourth-order valence-corrected chi connectivity index (χ4v) is 1.53. The molecule has 0 atom stereocenters. The van der Waals surface area contributed by atoms with Gasteiger partial charge in [0, 0.05) is 17.1 Å². The number of nitrogens with two attached hydrogens (primary N) is 1. The molecule has 3 N–H and O–H groups in total. The summed E-state index contributed by atoms with van der Waals surface area (Å²) >= 11 is 6.02. The summed E-state index contributed by atoms with van der Waals surface area (Å²) in [6, 6.07) is 3.77. The Hall–Kier alpha value is -1.42. The summed E-state index contributed by atoms with van der Waals surface area (Å²) < 4.78 is 5.23. The van der Waals surface area contributed by atoms with E-state index in [4.69, 9.17) is 22.1 Å². The van der Waals surface area contributed by atoms with E-state index in [1.807, 2.05) is 26.8 Å². The average Bonchev–Trinajstić information content (AvgIpc) is 2.21. The first kappa shape index (κ1) is 13.6. The molecule has 17 heavy (non-hydrogen) atoms. The first-order chi connectivity index (χ1) is 7.93. The van der Waals surface area contributed by atoms with Crippen molar-refractivity contribution in [2.45, 2.75) is 26.8 Å². The highest BCUT2D eigenvalue weighted by Gasteiger charge is 2.07. The summed E-state index contributed by atoms with van der Waals surface area (Å²) in [5.41, 5.74) is 7.48. The van der Waals surface area contributed by atoms with Gasteiger partial charge in [-0.3, -0.25) is 4.99 Å². The number of anilines is 1. The van der Waals surface area contributed by atoms with Crippen LogP contribution in [0, 0.1) is 6.92 Å². The lowest BCUT2D eigenvalue weighted by molar-refractivity contribution is 0.417. The van der Waals surface area contributed by atoms with Crippen LogP contribution in [0.3, 0.4) is 0 Å². The second-order valence-corrected chi connectivity index (χ2v) is 4.44. The molecule has 0 aliphatic heterocycles. The van der Waals surface area contributed by atoms with Crippen LogP contribution in [0.5, 0.6) is 5.75 Å². The van der Waals surface area contributed by atoms with E-state index in [1.54, 1.807) is 13.2 Å². The lowest BCUT2D eigenvalue weighted by Gasteiger charge is -2.13. The van der Waals surface area contributed by atoms with Gasteiger partial charge in [0.05, 0.1) is 12.8 Å². The topological polar surface area (TPSA) is 59.6 Å². The van der Waals surface area contributed by atoms with Crippen LogP contribution in [0.25, 0.3) is 0 Å². The number of halogens is 1. The van der Waals surface area contributed by atoms with E-state index in [0.29, 0.717) is 16.7 Å². The molecule has 1 aromatic rings. The minimum Gasteiger partial charge on any atom is -0.495 e. The number of guanidine groups is 1. The third-order valence-corrected chi connectivity index (χ3v) is 2.55. The summed E-state index contributed by atoms with van der Waals surface area (Å²) in [6.45, 7) is 5.83. The molecule has 0 spiro atoms. The lowest BCUT2D eigenvalue weighted by atomic mass is 10.2. The molecule has 0 saturated heterocycles. The molecule has 0 aliphatic rings. The summed E-state index contributed by atoms with van der Waals surface area (Å²) in [5.74, 6) is 1.00. The molecule has 0 radical (unpaired) electrons. The number of hydrogen-bond acceptors (Lipinski definition) is 2. The van der Waals surface area contributed by atoms with Gasteiger partial charge in [-0.05, 0) is 32.4 Å². The molecule has 0 saturated carbocycles. The number of nitrogens with zero attached hydrogens (tertiary/aromatic N) is 1. The largest absolute Gasteiger partial charge is 0.495 e. The normalized spacial score (nSPS) is 11.8. The maximum atomic E-state index is 6.02. The molecule has 0 aliphatic carbocycles. The molecule has 4 nitrogen and oxygen atoms in total. The van der Waals surface area contributed by atoms with Gasteiger partial charge >= 0.3 is 0 Å². The number of aliphatic imine (C=N–C) groups is 1. The van der Waals surface area contributed by atoms with Crippen molar-refractivity contribution in [3.63, 3.8) is 0 Å². The number of benzene rings is 1. The molecule has 0 amide bonds. The van der Waals surface area contributed by atoms with E-state index in [9.17, 15) is 0 Å². The van der Waals surface area contributed by atoms with Crippen LogP contribution in [0.1, 0.15) is 19.4 Å². The predicted molar refractivity (Wildman–Crippen MR) is 73.1 cm³/mol. The monoisotopic (exact) mass is 255 g/mol. The van der Waals surface area contributed by atoms with Crippen LogP contribution in [0.15, 0.2) is 17.1 Å². The Morgan fingerprint density at radius 3 is 2.65 bits per heavy atom. The number of ether oxygens (including phenoxy) is 1. The van der Waals surface area contributed by atoms with Crippen LogP contribution in [-0.2, 0) is 0 Å². The highest BCUT2D eigenvalue weighted by atomic mass is 35.5. The Morgan fingerprint density at radius 1 is 1.47 bits per heavy atom. The second-order valence-electron chi connectivity index (χ2n) is 4.03. The Kier molecular flexibility index (Phi) is 4.63. The maximum Gasteiger partial charge on any atom is 0.193 e. The van der Waals surface area contributed by atoms with Crippen molar-refractivity contribution in [1.82, 2.24) is 0 Å². The Balaban J connectivity index is 3.01. The molecule has 0 bridgehead atoms. The number of methoxy groups -OCH3 is 1. The number of rotatable bonds is 3. The van der Waals surface area contributed by atoms with Crippen molar-refractivity contribution < 1.29 is 4.74 Å². The first-order valence-corrected chi connectivity index (χ1v) is 5.76. The van der Waals surface area contributed by atoms with Gasteiger partial charge in [-0.2, -0.15) is 0 Å². The minimum atomic E-state index is 0.141. The summed E-state index contributed by atoms with van der Waals surface area (Å²) in [5, 5.41) is 3.66. The van der Waals surface area contributed by atoms with Crippen molar-refractivity contribution in [3.05, 3.63) is 22.7 Å².